The molecule has 1 aromatic carbocycles. The molecule has 0 saturated heterocycles. The second kappa shape index (κ2) is 8.01. The Bertz CT molecular complexity index is 730. The summed E-state index contributed by atoms with van der Waals surface area (Å²) >= 11 is 1.13. The van der Waals surface area contributed by atoms with Gasteiger partial charge in [-0.05, 0) is 24.0 Å². The monoisotopic (exact) mass is 350 g/mol. The summed E-state index contributed by atoms with van der Waals surface area (Å²) in [5.74, 6) is -1.71. The molecular formula is C17H19FN2O3S. The van der Waals surface area contributed by atoms with Crippen LogP contribution in [0, 0.1) is 11.7 Å². The Labute approximate surface area is 143 Å². The van der Waals surface area contributed by atoms with E-state index < -0.39 is 17.9 Å². The maximum Gasteiger partial charge on any atom is 0.326 e. The molecule has 0 aliphatic rings. The van der Waals surface area contributed by atoms with Crippen LogP contribution in [0.25, 0.3) is 0 Å². The number of halogens is 1. The van der Waals surface area contributed by atoms with Gasteiger partial charge in [-0.15, -0.1) is 11.3 Å². The van der Waals surface area contributed by atoms with Gasteiger partial charge < -0.3 is 10.4 Å². The lowest BCUT2D eigenvalue weighted by molar-refractivity contribution is -0.139. The first-order chi connectivity index (χ1) is 11.4. The highest BCUT2D eigenvalue weighted by Gasteiger charge is 2.22. The number of benzene rings is 1. The van der Waals surface area contributed by atoms with Crippen molar-refractivity contribution in [1.29, 1.82) is 0 Å². The molecule has 1 atom stereocenters. The molecule has 0 spiro atoms. The molecule has 0 aliphatic heterocycles. The average Bonchev–Trinajstić information content (AvgIpc) is 2.97. The van der Waals surface area contributed by atoms with E-state index in [-0.39, 0.29) is 11.7 Å². The maximum absolute atomic E-state index is 13.7. The van der Waals surface area contributed by atoms with E-state index in [2.05, 4.69) is 10.3 Å². The number of amides is 1. The molecule has 2 aromatic rings. The lowest BCUT2D eigenvalue weighted by atomic mass is 10.0. The Hall–Kier alpha value is -2.28. The van der Waals surface area contributed by atoms with E-state index in [9.17, 15) is 19.1 Å². The zero-order valence-electron chi connectivity index (χ0n) is 13.5. The van der Waals surface area contributed by atoms with Crippen molar-refractivity contribution in [2.75, 3.05) is 0 Å². The first-order valence-electron chi connectivity index (χ1n) is 7.58. The van der Waals surface area contributed by atoms with Gasteiger partial charge in [0.1, 0.15) is 16.7 Å². The van der Waals surface area contributed by atoms with Crippen molar-refractivity contribution in [2.45, 2.75) is 32.7 Å². The van der Waals surface area contributed by atoms with E-state index in [1.54, 1.807) is 18.2 Å². The van der Waals surface area contributed by atoms with Crippen LogP contribution in [0.15, 0.2) is 30.5 Å². The highest BCUT2D eigenvalue weighted by Crippen LogP contribution is 2.19. The topological polar surface area (TPSA) is 79.3 Å². The van der Waals surface area contributed by atoms with Crippen LogP contribution in [0.4, 0.5) is 4.39 Å². The van der Waals surface area contributed by atoms with Crippen molar-refractivity contribution in [3.05, 3.63) is 51.7 Å². The second-order valence-corrected chi connectivity index (χ2v) is 7.00. The van der Waals surface area contributed by atoms with Gasteiger partial charge >= 0.3 is 5.97 Å². The smallest absolute Gasteiger partial charge is 0.326 e. The number of carbonyl (C=O) groups is 2. The lowest BCUT2D eigenvalue weighted by Crippen LogP contribution is -2.41. The molecule has 2 N–H and O–H groups in total. The first-order valence-corrected chi connectivity index (χ1v) is 8.40. The van der Waals surface area contributed by atoms with Crippen LogP contribution in [0.2, 0.25) is 0 Å². The summed E-state index contributed by atoms with van der Waals surface area (Å²) in [7, 11) is 0. The third kappa shape index (κ3) is 4.86. The number of carbonyl (C=O) groups excluding carboxylic acids is 1. The summed E-state index contributed by atoms with van der Waals surface area (Å²) in [6.45, 7) is 3.78. The number of carboxylic acids is 1. The van der Waals surface area contributed by atoms with Crippen LogP contribution < -0.4 is 5.32 Å². The molecule has 128 valence electrons. The van der Waals surface area contributed by atoms with Crippen molar-refractivity contribution < 1.29 is 19.1 Å². The van der Waals surface area contributed by atoms with Gasteiger partial charge in [0.25, 0.3) is 5.91 Å². The lowest BCUT2D eigenvalue weighted by Gasteiger charge is -2.15. The number of thiazole rings is 1. The highest BCUT2D eigenvalue weighted by atomic mass is 32.1. The molecule has 1 heterocycles. The molecule has 0 aliphatic carbocycles. The summed E-state index contributed by atoms with van der Waals surface area (Å²) in [6, 6.07) is 5.46. The molecule has 2 rings (SSSR count). The van der Waals surface area contributed by atoms with Crippen molar-refractivity contribution in [2.24, 2.45) is 5.92 Å². The zero-order chi connectivity index (χ0) is 17.7. The molecule has 0 saturated carbocycles. The second-order valence-electron chi connectivity index (χ2n) is 5.88. The minimum absolute atomic E-state index is 0.143. The average molecular weight is 350 g/mol. The molecule has 24 heavy (non-hydrogen) atoms. The van der Waals surface area contributed by atoms with Crippen LogP contribution in [0.3, 0.4) is 0 Å². The Balaban J connectivity index is 2.05. The standard InChI is InChI=1S/C17H19FN2O3S/c1-10(2)7-13(17(22)23)20-16(21)14-9-19-15(24-14)8-11-5-3-4-6-12(11)18/h3-6,9-10,13H,7-8H2,1-2H3,(H,20,21)(H,22,23)/t13-/m1/s1. The Morgan fingerprint density at radius 3 is 2.67 bits per heavy atom. The summed E-state index contributed by atoms with van der Waals surface area (Å²) < 4.78 is 13.7. The molecule has 1 aromatic heterocycles. The summed E-state index contributed by atoms with van der Waals surface area (Å²) in [4.78, 5) is 27.9. The Kier molecular flexibility index (Phi) is 6.03. The van der Waals surface area contributed by atoms with Gasteiger partial charge in [0.2, 0.25) is 0 Å². The predicted octanol–water partition coefficient (Wildman–Crippen LogP) is 3.10. The van der Waals surface area contributed by atoms with Gasteiger partial charge in [0.05, 0.1) is 11.2 Å². The van der Waals surface area contributed by atoms with Gasteiger partial charge in [0.15, 0.2) is 0 Å². The Morgan fingerprint density at radius 1 is 1.33 bits per heavy atom. The number of aromatic nitrogens is 1. The molecule has 0 radical (unpaired) electrons. The van der Waals surface area contributed by atoms with E-state index in [4.69, 9.17) is 0 Å². The fourth-order valence-corrected chi connectivity index (χ4v) is 3.07. The minimum atomic E-state index is -1.06. The van der Waals surface area contributed by atoms with Gasteiger partial charge in [-0.25, -0.2) is 14.2 Å². The van der Waals surface area contributed by atoms with Crippen LogP contribution in [-0.2, 0) is 11.2 Å². The molecule has 1 amide bonds. The molecule has 0 bridgehead atoms. The van der Waals surface area contributed by atoms with Crippen LogP contribution in [-0.4, -0.2) is 28.0 Å². The van der Waals surface area contributed by atoms with E-state index in [1.165, 1.54) is 12.3 Å². The summed E-state index contributed by atoms with van der Waals surface area (Å²) in [6.07, 6.45) is 2.03. The van der Waals surface area contributed by atoms with Crippen molar-refractivity contribution in [1.82, 2.24) is 10.3 Å². The predicted molar refractivity (Wildman–Crippen MR) is 89.7 cm³/mol. The van der Waals surface area contributed by atoms with Gasteiger partial charge in [-0.1, -0.05) is 32.0 Å². The quantitative estimate of drug-likeness (QED) is 0.804. The molecule has 7 heteroatoms. The zero-order valence-corrected chi connectivity index (χ0v) is 14.3. The summed E-state index contributed by atoms with van der Waals surface area (Å²) in [5, 5.41) is 12.3. The molecule has 0 fully saturated rings. The molecule has 5 nitrogen and oxygen atoms in total. The number of rotatable bonds is 7. The van der Waals surface area contributed by atoms with Crippen LogP contribution in [0.1, 0.15) is 40.5 Å². The van der Waals surface area contributed by atoms with Crippen molar-refractivity contribution in [3.8, 4) is 0 Å². The number of nitrogens with zero attached hydrogens (tertiary/aromatic N) is 1. The normalized spacial score (nSPS) is 12.2. The van der Waals surface area contributed by atoms with Crippen LogP contribution in [0.5, 0.6) is 0 Å². The fourth-order valence-electron chi connectivity index (χ4n) is 2.22. The third-order valence-corrected chi connectivity index (χ3v) is 4.38. The Morgan fingerprint density at radius 2 is 2.04 bits per heavy atom. The van der Waals surface area contributed by atoms with E-state index in [0.29, 0.717) is 28.3 Å². The van der Waals surface area contributed by atoms with E-state index in [0.717, 1.165) is 11.3 Å². The minimum Gasteiger partial charge on any atom is -0.480 e. The molecule has 0 unspecified atom stereocenters. The van der Waals surface area contributed by atoms with Crippen LogP contribution >= 0.6 is 11.3 Å². The van der Waals surface area contributed by atoms with E-state index >= 15 is 0 Å². The van der Waals surface area contributed by atoms with Crippen molar-refractivity contribution >= 4 is 23.2 Å². The fraction of sp³-hybridized carbons (Fsp3) is 0.353. The van der Waals surface area contributed by atoms with E-state index in [1.807, 2.05) is 13.8 Å². The maximum atomic E-state index is 13.7. The number of hydrogen-bond donors (Lipinski definition) is 2. The van der Waals surface area contributed by atoms with Gasteiger partial charge in [0, 0.05) is 6.42 Å². The first kappa shape index (κ1) is 18.1. The largest absolute Gasteiger partial charge is 0.480 e. The number of hydrogen-bond acceptors (Lipinski definition) is 4. The number of aliphatic carboxylic acids is 1. The number of carboxylic acid groups (broad SMARTS) is 1. The molecular weight excluding hydrogens is 331 g/mol. The highest BCUT2D eigenvalue weighted by molar-refractivity contribution is 7.13. The summed E-state index contributed by atoms with van der Waals surface area (Å²) in [5.41, 5.74) is 0.502. The van der Waals surface area contributed by atoms with Crippen molar-refractivity contribution in [3.63, 3.8) is 0 Å². The number of nitrogens with one attached hydrogen (secondary N) is 1. The third-order valence-electron chi connectivity index (χ3n) is 3.39. The van der Waals surface area contributed by atoms with Gasteiger partial charge in [-0.2, -0.15) is 0 Å². The SMILES string of the molecule is CC(C)C[C@@H](NC(=O)c1cnc(Cc2ccccc2F)s1)C(=O)O. The van der Waals surface area contributed by atoms with Gasteiger partial charge in [-0.3, -0.25) is 4.79 Å².